The maximum Gasteiger partial charge on any atom is 0.351 e. The summed E-state index contributed by atoms with van der Waals surface area (Å²) < 4.78 is 9.82. The van der Waals surface area contributed by atoms with Crippen LogP contribution in [0.15, 0.2) is 18.3 Å². The van der Waals surface area contributed by atoms with E-state index in [0.717, 1.165) is 4.88 Å². The van der Waals surface area contributed by atoms with Crippen molar-refractivity contribution in [3.05, 3.63) is 23.2 Å². The number of ether oxygens (including phenoxy) is 2. The Bertz CT molecular complexity index is 583. The fourth-order valence-electron chi connectivity index (χ4n) is 1.40. The third-order valence-corrected chi connectivity index (χ3v) is 3.33. The van der Waals surface area contributed by atoms with Gasteiger partial charge in [0.05, 0.1) is 24.8 Å². The highest BCUT2D eigenvalue weighted by Gasteiger charge is 2.19. The van der Waals surface area contributed by atoms with Crippen molar-refractivity contribution in [2.75, 3.05) is 20.0 Å². The zero-order chi connectivity index (χ0) is 13.1. The van der Waals surface area contributed by atoms with E-state index in [1.165, 1.54) is 25.6 Å². The molecule has 0 aromatic carbocycles. The normalized spacial score (nSPS) is 10.1. The molecule has 0 unspecified atom stereocenters. The van der Waals surface area contributed by atoms with Gasteiger partial charge in [-0.05, 0) is 6.07 Å². The highest BCUT2D eigenvalue weighted by Crippen LogP contribution is 2.35. The van der Waals surface area contributed by atoms with Gasteiger partial charge in [-0.15, -0.1) is 11.3 Å². The maximum absolute atomic E-state index is 11.6. The number of methoxy groups -OCH3 is 2. The molecule has 6 nitrogen and oxygen atoms in total. The molecule has 18 heavy (non-hydrogen) atoms. The van der Waals surface area contributed by atoms with Crippen molar-refractivity contribution in [3.63, 3.8) is 0 Å². The molecule has 0 saturated carbocycles. The van der Waals surface area contributed by atoms with Gasteiger partial charge in [-0.3, -0.25) is 0 Å². The molecule has 0 atom stereocenters. The Morgan fingerprint density at radius 2 is 2.22 bits per heavy atom. The molecule has 94 valence electrons. The first-order valence-corrected chi connectivity index (χ1v) is 5.82. The Morgan fingerprint density at radius 3 is 2.83 bits per heavy atom. The van der Waals surface area contributed by atoms with Crippen LogP contribution in [0.25, 0.3) is 10.6 Å². The summed E-state index contributed by atoms with van der Waals surface area (Å²) in [4.78, 5) is 20.6. The summed E-state index contributed by atoms with van der Waals surface area (Å²) >= 11 is 1.23. The smallest absolute Gasteiger partial charge is 0.351 e. The van der Waals surface area contributed by atoms with Gasteiger partial charge in [-0.25, -0.2) is 14.8 Å². The van der Waals surface area contributed by atoms with Gasteiger partial charge in [-0.2, -0.15) is 0 Å². The van der Waals surface area contributed by atoms with Crippen molar-refractivity contribution in [1.29, 1.82) is 0 Å². The van der Waals surface area contributed by atoms with Crippen molar-refractivity contribution >= 4 is 23.3 Å². The number of carbonyl (C=O) groups is 1. The molecular formula is C11H11N3O3S. The zero-order valence-electron chi connectivity index (χ0n) is 9.84. The number of aromatic nitrogens is 2. The summed E-state index contributed by atoms with van der Waals surface area (Å²) in [6.07, 6.45) is 1.56. The minimum atomic E-state index is -0.440. The van der Waals surface area contributed by atoms with Crippen LogP contribution < -0.4 is 10.5 Å². The molecule has 0 aliphatic carbocycles. The summed E-state index contributed by atoms with van der Waals surface area (Å²) in [7, 11) is 2.82. The average Bonchev–Trinajstić information content (AvgIpc) is 2.82. The van der Waals surface area contributed by atoms with Crippen molar-refractivity contribution in [2.45, 2.75) is 0 Å². The minimum absolute atomic E-state index is 0.180. The molecule has 0 spiro atoms. The van der Waals surface area contributed by atoms with E-state index in [2.05, 4.69) is 14.7 Å². The van der Waals surface area contributed by atoms with Crippen LogP contribution in [-0.4, -0.2) is 30.2 Å². The van der Waals surface area contributed by atoms with Crippen LogP contribution in [0.3, 0.4) is 0 Å². The number of hydrogen-bond acceptors (Lipinski definition) is 7. The van der Waals surface area contributed by atoms with Gasteiger partial charge in [0.1, 0.15) is 5.75 Å². The van der Waals surface area contributed by atoms with Crippen LogP contribution in [-0.2, 0) is 4.74 Å². The lowest BCUT2D eigenvalue weighted by Gasteiger charge is -1.98. The quantitative estimate of drug-likeness (QED) is 0.848. The second-order valence-electron chi connectivity index (χ2n) is 3.30. The minimum Gasteiger partial charge on any atom is -0.495 e. The Kier molecular flexibility index (Phi) is 3.42. The lowest BCUT2D eigenvalue weighted by atomic mass is 10.3. The highest BCUT2D eigenvalue weighted by atomic mass is 32.1. The SMILES string of the molecule is COC(=O)c1sc(-c2ccnc(N)n2)cc1OC. The number of nitrogens with zero attached hydrogens (tertiary/aromatic N) is 2. The molecule has 2 N–H and O–H groups in total. The molecule has 0 bridgehead atoms. The number of anilines is 1. The second kappa shape index (κ2) is 5.01. The molecule has 2 aromatic heterocycles. The van der Waals surface area contributed by atoms with Gasteiger partial charge in [0, 0.05) is 12.3 Å². The monoisotopic (exact) mass is 265 g/mol. The molecule has 0 saturated heterocycles. The summed E-state index contributed by atoms with van der Waals surface area (Å²) in [5.41, 5.74) is 6.16. The molecule has 0 radical (unpaired) electrons. The highest BCUT2D eigenvalue weighted by molar-refractivity contribution is 7.17. The van der Waals surface area contributed by atoms with Crippen LogP contribution in [0, 0.1) is 0 Å². The van der Waals surface area contributed by atoms with Crippen LogP contribution in [0.5, 0.6) is 5.75 Å². The molecule has 2 aromatic rings. The van der Waals surface area contributed by atoms with Gasteiger partial charge in [-0.1, -0.05) is 0 Å². The zero-order valence-corrected chi connectivity index (χ0v) is 10.7. The number of nitrogens with two attached hydrogens (primary N) is 1. The van der Waals surface area contributed by atoms with Crippen LogP contribution in [0.4, 0.5) is 5.95 Å². The van der Waals surface area contributed by atoms with Gasteiger partial charge in [0.25, 0.3) is 0 Å². The molecule has 7 heteroatoms. The third kappa shape index (κ3) is 2.25. The lowest BCUT2D eigenvalue weighted by molar-refractivity contribution is 0.0603. The number of thiophene rings is 1. The topological polar surface area (TPSA) is 87.3 Å². The van der Waals surface area contributed by atoms with Gasteiger partial charge in [0.15, 0.2) is 4.88 Å². The molecule has 0 fully saturated rings. The Hall–Kier alpha value is -2.15. The number of carbonyl (C=O) groups excluding carboxylic acids is 1. The largest absolute Gasteiger partial charge is 0.495 e. The fourth-order valence-corrected chi connectivity index (χ4v) is 2.41. The summed E-state index contributed by atoms with van der Waals surface area (Å²) in [5, 5.41) is 0. The van der Waals surface area contributed by atoms with E-state index in [0.29, 0.717) is 16.3 Å². The molecule has 0 aliphatic heterocycles. The van der Waals surface area contributed by atoms with E-state index in [-0.39, 0.29) is 5.95 Å². The predicted molar refractivity (Wildman–Crippen MR) is 67.6 cm³/mol. The maximum atomic E-state index is 11.6. The Morgan fingerprint density at radius 1 is 1.44 bits per heavy atom. The Labute approximate surface area is 107 Å². The van der Waals surface area contributed by atoms with E-state index in [9.17, 15) is 4.79 Å². The lowest BCUT2D eigenvalue weighted by Crippen LogP contribution is -1.99. The summed E-state index contributed by atoms with van der Waals surface area (Å²) in [5.74, 6) is 0.198. The first-order valence-electron chi connectivity index (χ1n) is 5.00. The third-order valence-electron chi connectivity index (χ3n) is 2.22. The van der Waals surface area contributed by atoms with E-state index >= 15 is 0 Å². The molecule has 2 rings (SSSR count). The molecule has 2 heterocycles. The van der Waals surface area contributed by atoms with Gasteiger partial charge in [0.2, 0.25) is 5.95 Å². The number of esters is 1. The predicted octanol–water partition coefficient (Wildman–Crippen LogP) is 1.58. The summed E-state index contributed by atoms with van der Waals surface area (Å²) in [6, 6.07) is 3.43. The van der Waals surface area contributed by atoms with Crippen LogP contribution in [0.1, 0.15) is 9.67 Å². The fraction of sp³-hybridized carbons (Fsp3) is 0.182. The van der Waals surface area contributed by atoms with Crippen LogP contribution in [0.2, 0.25) is 0 Å². The first kappa shape index (κ1) is 12.3. The van der Waals surface area contributed by atoms with Crippen molar-refractivity contribution in [1.82, 2.24) is 9.97 Å². The molecule has 0 amide bonds. The van der Waals surface area contributed by atoms with Crippen molar-refractivity contribution in [3.8, 4) is 16.3 Å². The van der Waals surface area contributed by atoms with E-state index < -0.39 is 5.97 Å². The van der Waals surface area contributed by atoms with Gasteiger partial charge < -0.3 is 15.2 Å². The first-order chi connectivity index (χ1) is 8.65. The molecular weight excluding hydrogens is 254 g/mol. The number of nitrogen functional groups attached to an aromatic ring is 1. The molecule has 0 aliphatic rings. The number of rotatable bonds is 3. The second-order valence-corrected chi connectivity index (χ2v) is 4.35. The summed E-state index contributed by atoms with van der Waals surface area (Å²) in [6.45, 7) is 0. The average molecular weight is 265 g/mol. The van der Waals surface area contributed by atoms with Crippen molar-refractivity contribution < 1.29 is 14.3 Å². The van der Waals surface area contributed by atoms with Crippen molar-refractivity contribution in [2.24, 2.45) is 0 Å². The van der Waals surface area contributed by atoms with E-state index in [1.807, 2.05) is 0 Å². The standard InChI is InChI=1S/C11H11N3O3S/c1-16-7-5-8(18-9(7)10(15)17-2)6-3-4-13-11(12)14-6/h3-5H,1-2H3,(H2,12,13,14). The Balaban J connectivity index is 2.47. The van der Waals surface area contributed by atoms with E-state index in [4.69, 9.17) is 10.5 Å². The number of hydrogen-bond donors (Lipinski definition) is 1. The van der Waals surface area contributed by atoms with E-state index in [1.54, 1.807) is 18.3 Å². The van der Waals surface area contributed by atoms with Crippen LogP contribution >= 0.6 is 11.3 Å². The van der Waals surface area contributed by atoms with Gasteiger partial charge >= 0.3 is 5.97 Å².